The van der Waals surface area contributed by atoms with E-state index in [-0.39, 0.29) is 17.9 Å². The molecule has 6 rings (SSSR count). The number of nitrogens with one attached hydrogen (secondary N) is 3. The highest BCUT2D eigenvalue weighted by molar-refractivity contribution is 7.89. The molecular weight excluding hydrogens is 618 g/mol. The van der Waals surface area contributed by atoms with Crippen LogP contribution in [0.2, 0.25) is 0 Å². The van der Waals surface area contributed by atoms with Crippen LogP contribution in [-0.4, -0.2) is 77.4 Å². The fourth-order valence-electron chi connectivity index (χ4n) is 5.94. The minimum atomic E-state index is -4.35. The number of piperazine rings is 1. The first-order valence-electron chi connectivity index (χ1n) is 14.6. The summed E-state index contributed by atoms with van der Waals surface area (Å²) in [5.41, 5.74) is 1.37. The molecule has 3 N–H and O–H groups in total. The quantitative estimate of drug-likeness (QED) is 0.277. The average molecular weight is 653 g/mol. The Morgan fingerprint density at radius 3 is 2.28 bits per heavy atom. The van der Waals surface area contributed by atoms with Crippen LogP contribution in [0.3, 0.4) is 0 Å². The Labute approximate surface area is 265 Å². The summed E-state index contributed by atoms with van der Waals surface area (Å²) in [6, 6.07) is 10.8. The smallest absolute Gasteiger partial charge is 0.272 e. The first kappa shape index (κ1) is 31.4. The van der Waals surface area contributed by atoms with Crippen LogP contribution >= 0.6 is 0 Å². The highest BCUT2D eigenvalue weighted by Gasteiger charge is 2.48. The molecular formula is C31H34F2N8O4S. The van der Waals surface area contributed by atoms with E-state index in [1.165, 1.54) is 0 Å². The third-order valence-corrected chi connectivity index (χ3v) is 10.6. The van der Waals surface area contributed by atoms with Crippen LogP contribution in [0.5, 0.6) is 0 Å². The van der Waals surface area contributed by atoms with Crippen LogP contribution in [0.1, 0.15) is 46.0 Å². The lowest BCUT2D eigenvalue weighted by Gasteiger charge is -2.34. The van der Waals surface area contributed by atoms with E-state index in [9.17, 15) is 26.8 Å². The Kier molecular flexibility index (Phi) is 7.94. The first-order chi connectivity index (χ1) is 21.8. The van der Waals surface area contributed by atoms with Crippen LogP contribution < -0.4 is 15.5 Å². The van der Waals surface area contributed by atoms with Gasteiger partial charge in [-0.25, -0.2) is 17.2 Å². The van der Waals surface area contributed by atoms with Gasteiger partial charge in [-0.1, -0.05) is 0 Å². The van der Waals surface area contributed by atoms with E-state index in [1.54, 1.807) is 55.9 Å². The number of benzene rings is 2. The van der Waals surface area contributed by atoms with E-state index >= 15 is 0 Å². The summed E-state index contributed by atoms with van der Waals surface area (Å²) in [6.07, 6.45) is 1.75. The molecule has 242 valence electrons. The molecule has 0 atom stereocenters. The van der Waals surface area contributed by atoms with Gasteiger partial charge in [0.25, 0.3) is 11.8 Å². The van der Waals surface area contributed by atoms with Gasteiger partial charge in [0.2, 0.25) is 10.0 Å². The third kappa shape index (κ3) is 5.65. The van der Waals surface area contributed by atoms with Crippen LogP contribution in [-0.2, 0) is 29.2 Å². The number of rotatable bonds is 7. The normalized spacial score (nSPS) is 16.8. The fourth-order valence-corrected chi connectivity index (χ4v) is 7.71. The molecule has 2 aliphatic heterocycles. The maximum absolute atomic E-state index is 13.9. The second-order valence-electron chi connectivity index (χ2n) is 12.0. The molecule has 2 aromatic heterocycles. The molecule has 0 spiro atoms. The van der Waals surface area contributed by atoms with Crippen molar-refractivity contribution >= 4 is 39.0 Å². The monoisotopic (exact) mass is 652 g/mol. The number of hydrogen-bond acceptors (Lipinski definition) is 7. The molecule has 46 heavy (non-hydrogen) atoms. The molecule has 0 radical (unpaired) electrons. The molecule has 0 aliphatic carbocycles. The molecule has 4 heterocycles. The van der Waals surface area contributed by atoms with Gasteiger partial charge in [0.1, 0.15) is 17.3 Å². The molecule has 15 heteroatoms. The third-order valence-electron chi connectivity index (χ3n) is 8.60. The number of aromatic nitrogens is 3. The predicted octanol–water partition coefficient (Wildman–Crippen LogP) is 3.72. The van der Waals surface area contributed by atoms with Crippen molar-refractivity contribution in [1.82, 2.24) is 24.0 Å². The van der Waals surface area contributed by atoms with Crippen molar-refractivity contribution in [2.75, 3.05) is 48.8 Å². The molecule has 2 aromatic carbocycles. The Morgan fingerprint density at radius 1 is 0.935 bits per heavy atom. The number of aromatic amines is 1. The molecule has 2 amide bonds. The number of amides is 2. The molecule has 4 aromatic rings. The van der Waals surface area contributed by atoms with E-state index in [1.807, 2.05) is 6.07 Å². The minimum Gasteiger partial charge on any atom is -0.369 e. The van der Waals surface area contributed by atoms with Gasteiger partial charge in [-0.2, -0.15) is 9.40 Å². The highest BCUT2D eigenvalue weighted by atomic mass is 32.2. The zero-order valence-corrected chi connectivity index (χ0v) is 26.6. The Balaban J connectivity index is 1.30. The Morgan fingerprint density at radius 2 is 1.63 bits per heavy atom. The van der Waals surface area contributed by atoms with Crippen molar-refractivity contribution in [2.45, 2.75) is 30.8 Å². The number of anilines is 3. The second-order valence-corrected chi connectivity index (χ2v) is 13.9. The number of halogens is 2. The van der Waals surface area contributed by atoms with Crippen molar-refractivity contribution < 1.29 is 26.8 Å². The van der Waals surface area contributed by atoms with Gasteiger partial charge in [-0.3, -0.25) is 14.7 Å². The highest BCUT2D eigenvalue weighted by Crippen LogP contribution is 2.44. The van der Waals surface area contributed by atoms with Gasteiger partial charge < -0.3 is 25.0 Å². The first-order valence-corrected chi connectivity index (χ1v) is 16.1. The zero-order chi connectivity index (χ0) is 33.0. The fraction of sp³-hybridized carbons (Fsp3) is 0.323. The summed E-state index contributed by atoms with van der Waals surface area (Å²) in [7, 11) is -0.553. The van der Waals surface area contributed by atoms with Crippen molar-refractivity contribution in [3.8, 4) is 0 Å². The Hall–Kier alpha value is -4.60. The molecule has 12 nitrogen and oxygen atoms in total. The van der Waals surface area contributed by atoms with Crippen molar-refractivity contribution in [3.63, 3.8) is 0 Å². The molecule has 1 fully saturated rings. The number of likely N-dealkylation sites (N-methyl/N-ethyl adjacent to an activating group) is 1. The van der Waals surface area contributed by atoms with E-state index in [4.69, 9.17) is 0 Å². The largest absolute Gasteiger partial charge is 0.369 e. The average Bonchev–Trinajstić information content (AvgIpc) is 3.68. The number of aryl methyl sites for hydroxylation is 1. The van der Waals surface area contributed by atoms with Gasteiger partial charge in [0.05, 0.1) is 27.4 Å². The summed E-state index contributed by atoms with van der Waals surface area (Å²) in [4.78, 5) is 30.9. The molecule has 0 bridgehead atoms. The number of H-pyrrole nitrogens is 1. The Bertz CT molecular complexity index is 1930. The number of carbonyl (C=O) groups excluding carboxylic acids is 2. The van der Waals surface area contributed by atoms with Crippen molar-refractivity contribution in [2.24, 2.45) is 7.05 Å². The summed E-state index contributed by atoms with van der Waals surface area (Å²) in [5.74, 6) is -2.91. The van der Waals surface area contributed by atoms with Crippen molar-refractivity contribution in [3.05, 3.63) is 88.9 Å². The standard InChI is InChI=1S/C31H34F2N8O4S/c1-31(2)27-24(18-41(31)46(44,45)22-15-19(32)14-20(33)16-22)28(37-36-27)35-29(42)23-8-7-21(40-12-10-38(3)11-13-40)17-25(23)34-30(43)26-6-5-9-39(26)4/h5-9,14-17H,10-13,18H2,1-4H3,(H,34,43)(H2,35,36,37,42). The van der Waals surface area contributed by atoms with Gasteiger partial charge in [-0.15, -0.1) is 0 Å². The summed E-state index contributed by atoms with van der Waals surface area (Å²) in [5, 5.41) is 12.7. The minimum absolute atomic E-state index is 0.0963. The van der Waals surface area contributed by atoms with Crippen LogP contribution in [0, 0.1) is 11.6 Å². The molecule has 0 unspecified atom stereocenters. The number of nitrogens with zero attached hydrogens (tertiary/aromatic N) is 5. The lowest BCUT2D eigenvalue weighted by molar-refractivity contribution is 0.101. The molecule has 1 saturated heterocycles. The summed E-state index contributed by atoms with van der Waals surface area (Å²) < 4.78 is 57.8. The number of fused-ring (bicyclic) bond motifs is 1. The molecule has 0 saturated carbocycles. The molecule has 2 aliphatic rings. The van der Waals surface area contributed by atoms with E-state index in [2.05, 4.69) is 37.7 Å². The lowest BCUT2D eigenvalue weighted by atomic mass is 10.0. The van der Waals surface area contributed by atoms with E-state index < -0.39 is 43.9 Å². The number of carbonyl (C=O) groups is 2. The van der Waals surface area contributed by atoms with Gasteiger partial charge >= 0.3 is 0 Å². The van der Waals surface area contributed by atoms with Crippen LogP contribution in [0.4, 0.5) is 26.0 Å². The van der Waals surface area contributed by atoms with Crippen LogP contribution in [0.15, 0.2) is 59.6 Å². The SMILES string of the molecule is CN1CCN(c2ccc(C(=O)Nc3n[nH]c4c3CN(S(=O)(=O)c3cc(F)cc(F)c3)C4(C)C)c(NC(=O)c3cccn3C)c2)CC1. The van der Waals surface area contributed by atoms with E-state index in [0.717, 1.165) is 48.3 Å². The number of sulfonamides is 1. The topological polar surface area (TPSA) is 136 Å². The van der Waals surface area contributed by atoms with Crippen molar-refractivity contribution in [1.29, 1.82) is 0 Å². The summed E-state index contributed by atoms with van der Waals surface area (Å²) >= 11 is 0. The zero-order valence-electron chi connectivity index (χ0n) is 25.8. The van der Waals surface area contributed by atoms with Gasteiger partial charge in [0.15, 0.2) is 5.82 Å². The summed E-state index contributed by atoms with van der Waals surface area (Å²) in [6.45, 7) is 6.35. The maximum Gasteiger partial charge on any atom is 0.272 e. The van der Waals surface area contributed by atoms with E-state index in [0.29, 0.717) is 28.7 Å². The van der Waals surface area contributed by atoms with Crippen LogP contribution in [0.25, 0.3) is 0 Å². The maximum atomic E-state index is 13.9. The lowest BCUT2D eigenvalue weighted by Crippen LogP contribution is -2.44. The van der Waals surface area contributed by atoms with Gasteiger partial charge in [0, 0.05) is 63.3 Å². The number of hydrogen-bond donors (Lipinski definition) is 3. The predicted molar refractivity (Wildman–Crippen MR) is 168 cm³/mol. The second kappa shape index (κ2) is 11.6. The van der Waals surface area contributed by atoms with Gasteiger partial charge in [-0.05, 0) is 63.4 Å².